The Hall–Kier alpha value is -2.73. The predicted molar refractivity (Wildman–Crippen MR) is 99.4 cm³/mol. The maximum absolute atomic E-state index is 5.41. The van der Waals surface area contributed by atoms with Gasteiger partial charge >= 0.3 is 0 Å². The van der Waals surface area contributed by atoms with Gasteiger partial charge in [0.1, 0.15) is 5.75 Å². The monoisotopic (exact) mass is 354 g/mol. The second kappa shape index (κ2) is 6.29. The number of thiazole rings is 1. The standard InChI is InChI=1S/C19H18N2O3S/c1-11-7-17(22-3)12(2)6-14(11)15-9-25-19(21-15)20-13-4-5-16-18(8-13)24-10-23-16/h4-9H,10H2,1-3H3,(H,20,21). The molecule has 5 nitrogen and oxygen atoms in total. The van der Waals surface area contributed by atoms with Gasteiger partial charge < -0.3 is 19.5 Å². The lowest BCUT2D eigenvalue weighted by Crippen LogP contribution is -1.93. The van der Waals surface area contributed by atoms with Gasteiger partial charge in [0.25, 0.3) is 0 Å². The average Bonchev–Trinajstić information content (AvgIpc) is 3.25. The third kappa shape index (κ3) is 3.00. The minimum absolute atomic E-state index is 0.274. The Kier molecular flexibility index (Phi) is 3.97. The molecule has 0 atom stereocenters. The zero-order valence-electron chi connectivity index (χ0n) is 14.3. The fourth-order valence-corrected chi connectivity index (χ4v) is 3.57. The highest BCUT2D eigenvalue weighted by Gasteiger charge is 2.14. The molecule has 0 radical (unpaired) electrons. The molecule has 3 aromatic rings. The minimum atomic E-state index is 0.274. The largest absolute Gasteiger partial charge is 0.496 e. The first-order chi connectivity index (χ1) is 12.1. The molecule has 0 amide bonds. The topological polar surface area (TPSA) is 52.6 Å². The molecular formula is C19H18N2O3S. The minimum Gasteiger partial charge on any atom is -0.496 e. The number of anilines is 2. The van der Waals surface area contributed by atoms with E-state index in [0.717, 1.165) is 50.5 Å². The van der Waals surface area contributed by atoms with Crippen LogP contribution in [0.15, 0.2) is 35.7 Å². The van der Waals surface area contributed by atoms with E-state index in [4.69, 9.17) is 19.2 Å². The van der Waals surface area contributed by atoms with Crippen molar-refractivity contribution in [1.29, 1.82) is 0 Å². The molecule has 6 heteroatoms. The average molecular weight is 354 g/mol. The number of nitrogens with zero attached hydrogens (tertiary/aromatic N) is 1. The van der Waals surface area contributed by atoms with Gasteiger partial charge in [-0.3, -0.25) is 0 Å². The zero-order chi connectivity index (χ0) is 17.4. The van der Waals surface area contributed by atoms with Gasteiger partial charge in [-0.25, -0.2) is 4.98 Å². The number of fused-ring (bicyclic) bond motifs is 1. The van der Waals surface area contributed by atoms with E-state index in [-0.39, 0.29) is 6.79 Å². The summed E-state index contributed by atoms with van der Waals surface area (Å²) in [7, 11) is 1.69. The number of ether oxygens (including phenoxy) is 3. The third-order valence-electron chi connectivity index (χ3n) is 4.15. The predicted octanol–water partition coefficient (Wildman–Crippen LogP) is 4.91. The summed E-state index contributed by atoms with van der Waals surface area (Å²) in [5.74, 6) is 2.42. The molecule has 2 heterocycles. The summed E-state index contributed by atoms with van der Waals surface area (Å²) >= 11 is 1.57. The van der Waals surface area contributed by atoms with Crippen molar-refractivity contribution in [2.45, 2.75) is 13.8 Å². The van der Waals surface area contributed by atoms with Crippen LogP contribution in [0, 0.1) is 13.8 Å². The molecule has 0 aliphatic carbocycles. The van der Waals surface area contributed by atoms with Crippen LogP contribution in [0.1, 0.15) is 11.1 Å². The molecule has 0 fully saturated rings. The van der Waals surface area contributed by atoms with Gasteiger partial charge in [0.05, 0.1) is 12.8 Å². The molecule has 1 aliphatic rings. The van der Waals surface area contributed by atoms with Crippen LogP contribution >= 0.6 is 11.3 Å². The SMILES string of the molecule is COc1cc(C)c(-c2csc(Nc3ccc4c(c3)OCO4)n2)cc1C. The van der Waals surface area contributed by atoms with E-state index in [9.17, 15) is 0 Å². The number of benzene rings is 2. The molecule has 1 aromatic heterocycles. The number of nitrogens with one attached hydrogen (secondary N) is 1. The van der Waals surface area contributed by atoms with E-state index < -0.39 is 0 Å². The zero-order valence-corrected chi connectivity index (χ0v) is 15.1. The van der Waals surface area contributed by atoms with E-state index >= 15 is 0 Å². The van der Waals surface area contributed by atoms with E-state index in [1.165, 1.54) is 0 Å². The van der Waals surface area contributed by atoms with Crippen molar-refractivity contribution in [3.05, 3.63) is 46.8 Å². The molecule has 1 aliphatic heterocycles. The van der Waals surface area contributed by atoms with Gasteiger partial charge in [-0.2, -0.15) is 0 Å². The smallest absolute Gasteiger partial charge is 0.231 e. The summed E-state index contributed by atoms with van der Waals surface area (Å²) in [6.45, 7) is 4.39. The van der Waals surface area contributed by atoms with Gasteiger partial charge in [-0.15, -0.1) is 11.3 Å². The van der Waals surface area contributed by atoms with Crippen molar-refractivity contribution in [3.63, 3.8) is 0 Å². The molecule has 128 valence electrons. The first-order valence-corrected chi connectivity index (χ1v) is 8.80. The number of hydrogen-bond acceptors (Lipinski definition) is 6. The Morgan fingerprint density at radius 2 is 1.92 bits per heavy atom. The van der Waals surface area contributed by atoms with Crippen LogP contribution in [0.4, 0.5) is 10.8 Å². The van der Waals surface area contributed by atoms with Crippen LogP contribution < -0.4 is 19.5 Å². The number of methoxy groups -OCH3 is 1. The molecule has 0 saturated heterocycles. The van der Waals surface area contributed by atoms with Gasteiger partial charge in [-0.1, -0.05) is 0 Å². The van der Waals surface area contributed by atoms with Crippen molar-refractivity contribution in [2.24, 2.45) is 0 Å². The highest BCUT2D eigenvalue weighted by molar-refractivity contribution is 7.14. The Labute approximate surface area is 150 Å². The lowest BCUT2D eigenvalue weighted by molar-refractivity contribution is 0.174. The first kappa shape index (κ1) is 15.8. The number of hydrogen-bond donors (Lipinski definition) is 1. The Morgan fingerprint density at radius 1 is 1.08 bits per heavy atom. The Morgan fingerprint density at radius 3 is 2.76 bits per heavy atom. The number of aromatic nitrogens is 1. The van der Waals surface area contributed by atoms with Crippen LogP contribution in [0.5, 0.6) is 17.2 Å². The number of aryl methyl sites for hydroxylation is 2. The highest BCUT2D eigenvalue weighted by Crippen LogP contribution is 2.36. The Balaban J connectivity index is 1.59. The van der Waals surface area contributed by atoms with Crippen LogP contribution in [0.3, 0.4) is 0 Å². The fraction of sp³-hybridized carbons (Fsp3) is 0.211. The summed E-state index contributed by atoms with van der Waals surface area (Å²) in [6.07, 6.45) is 0. The van der Waals surface area contributed by atoms with Gasteiger partial charge in [0, 0.05) is 22.7 Å². The molecular weight excluding hydrogens is 336 g/mol. The van der Waals surface area contributed by atoms with Gasteiger partial charge in [0.2, 0.25) is 6.79 Å². The van der Waals surface area contributed by atoms with Crippen LogP contribution in [-0.2, 0) is 0 Å². The summed E-state index contributed by atoms with van der Waals surface area (Å²) in [6, 6.07) is 9.95. The van der Waals surface area contributed by atoms with E-state index in [0.29, 0.717) is 0 Å². The highest BCUT2D eigenvalue weighted by atomic mass is 32.1. The molecule has 0 saturated carbocycles. The van der Waals surface area contributed by atoms with E-state index in [1.807, 2.05) is 25.1 Å². The lowest BCUT2D eigenvalue weighted by atomic mass is 10.0. The van der Waals surface area contributed by atoms with Crippen molar-refractivity contribution in [3.8, 4) is 28.5 Å². The summed E-state index contributed by atoms with van der Waals surface area (Å²) in [5, 5.41) is 6.22. The van der Waals surface area contributed by atoms with E-state index in [1.54, 1.807) is 18.4 Å². The second-order valence-corrected chi connectivity index (χ2v) is 6.73. The quantitative estimate of drug-likeness (QED) is 0.721. The van der Waals surface area contributed by atoms with Crippen LogP contribution in [0.25, 0.3) is 11.3 Å². The fourth-order valence-electron chi connectivity index (χ4n) is 2.84. The molecule has 0 spiro atoms. The van der Waals surface area contributed by atoms with Gasteiger partial charge in [0.15, 0.2) is 16.6 Å². The van der Waals surface area contributed by atoms with Gasteiger partial charge in [-0.05, 0) is 49.2 Å². The van der Waals surface area contributed by atoms with Crippen LogP contribution in [0.2, 0.25) is 0 Å². The van der Waals surface area contributed by atoms with Crippen LogP contribution in [-0.4, -0.2) is 18.9 Å². The lowest BCUT2D eigenvalue weighted by Gasteiger charge is -2.09. The number of rotatable bonds is 4. The van der Waals surface area contributed by atoms with Crippen molar-refractivity contribution < 1.29 is 14.2 Å². The third-order valence-corrected chi connectivity index (χ3v) is 4.90. The molecule has 2 aromatic carbocycles. The first-order valence-electron chi connectivity index (χ1n) is 7.92. The molecule has 0 unspecified atom stereocenters. The molecule has 25 heavy (non-hydrogen) atoms. The summed E-state index contributed by atoms with van der Waals surface area (Å²) in [5.41, 5.74) is 5.24. The second-order valence-electron chi connectivity index (χ2n) is 5.87. The maximum Gasteiger partial charge on any atom is 0.231 e. The van der Waals surface area contributed by atoms with Crippen molar-refractivity contribution in [1.82, 2.24) is 4.98 Å². The molecule has 4 rings (SSSR count). The summed E-state index contributed by atoms with van der Waals surface area (Å²) in [4.78, 5) is 4.72. The maximum atomic E-state index is 5.41. The van der Waals surface area contributed by atoms with Crippen molar-refractivity contribution in [2.75, 3.05) is 19.2 Å². The Bertz CT molecular complexity index is 936. The normalized spacial score (nSPS) is 12.3. The summed E-state index contributed by atoms with van der Waals surface area (Å²) < 4.78 is 16.1. The van der Waals surface area contributed by atoms with E-state index in [2.05, 4.69) is 29.8 Å². The molecule has 1 N–H and O–H groups in total. The van der Waals surface area contributed by atoms with Crippen molar-refractivity contribution >= 4 is 22.2 Å². The molecule has 0 bridgehead atoms.